The van der Waals surface area contributed by atoms with E-state index in [9.17, 15) is 14.4 Å². The monoisotopic (exact) mass is 398 g/mol. The number of aliphatic carboxylic acids is 1. The second kappa shape index (κ2) is 7.76. The molecule has 0 unspecified atom stereocenters. The molecule has 0 radical (unpaired) electrons. The van der Waals surface area contributed by atoms with Crippen LogP contribution in [-0.2, 0) is 19.1 Å². The molecule has 1 saturated heterocycles. The third-order valence-corrected chi connectivity index (χ3v) is 4.28. The quantitative estimate of drug-likeness (QED) is 0.787. The Bertz CT molecular complexity index is 664. The second-order valence-corrected chi connectivity index (χ2v) is 6.65. The van der Waals surface area contributed by atoms with Crippen LogP contribution in [0.1, 0.15) is 18.4 Å². The zero-order chi connectivity index (χ0) is 17.9. The van der Waals surface area contributed by atoms with E-state index in [1.54, 1.807) is 6.07 Å². The molecule has 0 spiro atoms. The van der Waals surface area contributed by atoms with Gasteiger partial charge in [-0.05, 0) is 43.5 Å². The highest BCUT2D eigenvalue weighted by molar-refractivity contribution is 9.10. The number of carbonyl (C=O) groups excluding carboxylic acids is 2. The zero-order valence-corrected chi connectivity index (χ0v) is 15.0. The summed E-state index contributed by atoms with van der Waals surface area (Å²) in [5, 5.41) is 11.6. The van der Waals surface area contributed by atoms with E-state index < -0.39 is 18.2 Å². The predicted octanol–water partition coefficient (Wildman–Crippen LogP) is 1.79. The summed E-state index contributed by atoms with van der Waals surface area (Å²) in [6.07, 6.45) is -1.12. The molecule has 1 fully saturated rings. The smallest absolute Gasteiger partial charge is 0.332 e. The topological polar surface area (TPSA) is 95.9 Å². The minimum absolute atomic E-state index is 0.133. The lowest BCUT2D eigenvalue weighted by atomic mass is 10.2. The Morgan fingerprint density at radius 1 is 1.33 bits per heavy atom. The molecule has 0 bridgehead atoms. The van der Waals surface area contributed by atoms with Crippen LogP contribution < -0.4 is 5.32 Å². The van der Waals surface area contributed by atoms with E-state index in [0.717, 1.165) is 10.0 Å². The molecular formula is C16H19BrN2O5. The minimum Gasteiger partial charge on any atom is -0.479 e. The lowest BCUT2D eigenvalue weighted by Gasteiger charge is -2.20. The van der Waals surface area contributed by atoms with Crippen LogP contribution in [-0.4, -0.2) is 53.6 Å². The number of carboxylic acids is 1. The number of carboxylic acid groups (broad SMARTS) is 1. The van der Waals surface area contributed by atoms with Crippen molar-refractivity contribution in [2.45, 2.75) is 32.0 Å². The van der Waals surface area contributed by atoms with E-state index in [-0.39, 0.29) is 18.4 Å². The maximum atomic E-state index is 12.2. The van der Waals surface area contributed by atoms with Gasteiger partial charge in [0, 0.05) is 17.2 Å². The van der Waals surface area contributed by atoms with Crippen LogP contribution in [0.2, 0.25) is 0 Å². The van der Waals surface area contributed by atoms with Gasteiger partial charge in [-0.25, -0.2) is 4.79 Å². The second-order valence-electron chi connectivity index (χ2n) is 5.73. The average molecular weight is 399 g/mol. The van der Waals surface area contributed by atoms with Crippen molar-refractivity contribution in [3.05, 3.63) is 28.2 Å². The Balaban J connectivity index is 1.89. The molecule has 2 rings (SSSR count). The van der Waals surface area contributed by atoms with Crippen molar-refractivity contribution in [2.24, 2.45) is 0 Å². The molecule has 0 aromatic heterocycles. The number of likely N-dealkylation sites (N-methyl/N-ethyl adjacent to an activating group) is 1. The fourth-order valence-corrected chi connectivity index (χ4v) is 2.97. The van der Waals surface area contributed by atoms with E-state index in [1.165, 1.54) is 11.9 Å². The van der Waals surface area contributed by atoms with E-state index in [4.69, 9.17) is 9.84 Å². The van der Waals surface area contributed by atoms with Crippen molar-refractivity contribution in [1.82, 2.24) is 4.90 Å². The van der Waals surface area contributed by atoms with Gasteiger partial charge in [-0.15, -0.1) is 0 Å². The maximum absolute atomic E-state index is 12.2. The van der Waals surface area contributed by atoms with Gasteiger partial charge in [0.25, 0.3) is 5.91 Å². The Labute approximate surface area is 148 Å². The molecule has 24 heavy (non-hydrogen) atoms. The number of nitrogens with zero attached hydrogens (tertiary/aromatic N) is 1. The number of rotatable bonds is 5. The number of hydrogen-bond donors (Lipinski definition) is 2. The Morgan fingerprint density at radius 3 is 2.58 bits per heavy atom. The van der Waals surface area contributed by atoms with E-state index in [0.29, 0.717) is 18.5 Å². The van der Waals surface area contributed by atoms with Gasteiger partial charge >= 0.3 is 5.97 Å². The van der Waals surface area contributed by atoms with E-state index in [2.05, 4.69) is 21.2 Å². The van der Waals surface area contributed by atoms with Gasteiger partial charge in [-0.3, -0.25) is 9.59 Å². The first-order chi connectivity index (χ1) is 11.3. The van der Waals surface area contributed by atoms with Gasteiger partial charge in [-0.2, -0.15) is 0 Å². The van der Waals surface area contributed by atoms with Crippen LogP contribution in [0.5, 0.6) is 0 Å². The molecule has 130 valence electrons. The van der Waals surface area contributed by atoms with Crippen LogP contribution in [0.15, 0.2) is 22.7 Å². The summed E-state index contributed by atoms with van der Waals surface area (Å²) >= 11 is 3.35. The molecule has 0 saturated carbocycles. The Morgan fingerprint density at radius 2 is 2.00 bits per heavy atom. The molecule has 1 aromatic carbocycles. The number of aryl methyl sites for hydroxylation is 1. The number of hydrogen-bond acceptors (Lipinski definition) is 4. The van der Waals surface area contributed by atoms with Crippen LogP contribution in [0.25, 0.3) is 0 Å². The van der Waals surface area contributed by atoms with Crippen molar-refractivity contribution in [3.8, 4) is 0 Å². The third kappa shape index (κ3) is 4.55. The van der Waals surface area contributed by atoms with Crippen LogP contribution >= 0.6 is 15.9 Å². The summed E-state index contributed by atoms with van der Waals surface area (Å²) in [7, 11) is 1.49. The van der Waals surface area contributed by atoms with Crippen molar-refractivity contribution in [2.75, 3.05) is 18.9 Å². The molecule has 2 N–H and O–H groups in total. The summed E-state index contributed by atoms with van der Waals surface area (Å²) < 4.78 is 6.12. The summed E-state index contributed by atoms with van der Waals surface area (Å²) in [6.45, 7) is 1.74. The molecule has 1 heterocycles. The maximum Gasteiger partial charge on any atom is 0.332 e. The number of carbonyl (C=O) groups is 3. The molecule has 1 aliphatic rings. The molecule has 2 amide bonds. The van der Waals surface area contributed by atoms with Gasteiger partial charge in [0.15, 0.2) is 6.10 Å². The average Bonchev–Trinajstić information content (AvgIpc) is 2.99. The van der Waals surface area contributed by atoms with Gasteiger partial charge < -0.3 is 20.1 Å². The molecule has 1 aliphatic heterocycles. The SMILES string of the molecule is Cc1cc(Br)ccc1NC(=O)CN(C)C(=O)[C@@H]1CC[C@H](C(=O)O)O1. The summed E-state index contributed by atoms with van der Waals surface area (Å²) in [6, 6.07) is 5.47. The number of benzene rings is 1. The van der Waals surface area contributed by atoms with Crippen LogP contribution in [0, 0.1) is 6.92 Å². The third-order valence-electron chi connectivity index (χ3n) is 3.79. The standard InChI is InChI=1S/C16H19BrN2O5/c1-9-7-10(17)3-4-11(9)18-14(20)8-19(2)15(21)12-5-6-13(24-12)16(22)23/h3-4,7,12-13H,5-6,8H2,1-2H3,(H,18,20)(H,22,23)/t12-,13+/m0/s1. The highest BCUT2D eigenvalue weighted by Crippen LogP contribution is 2.22. The number of anilines is 1. The summed E-state index contributed by atoms with van der Waals surface area (Å²) in [4.78, 5) is 36.4. The van der Waals surface area contributed by atoms with Crippen LogP contribution in [0.4, 0.5) is 5.69 Å². The van der Waals surface area contributed by atoms with Crippen molar-refractivity contribution in [1.29, 1.82) is 0 Å². The fraction of sp³-hybridized carbons (Fsp3) is 0.438. The Kier molecular flexibility index (Phi) is 5.95. The van der Waals surface area contributed by atoms with E-state index >= 15 is 0 Å². The van der Waals surface area contributed by atoms with Gasteiger partial charge in [0.05, 0.1) is 6.54 Å². The van der Waals surface area contributed by atoms with Gasteiger partial charge in [-0.1, -0.05) is 15.9 Å². The number of amides is 2. The fourth-order valence-electron chi connectivity index (χ4n) is 2.50. The first kappa shape index (κ1) is 18.4. The van der Waals surface area contributed by atoms with Gasteiger partial charge in [0.2, 0.25) is 5.91 Å². The normalized spacial score (nSPS) is 19.8. The first-order valence-corrected chi connectivity index (χ1v) is 8.26. The van der Waals surface area contributed by atoms with Crippen LogP contribution in [0.3, 0.4) is 0 Å². The molecule has 8 heteroatoms. The van der Waals surface area contributed by atoms with Crippen molar-refractivity contribution in [3.63, 3.8) is 0 Å². The lowest BCUT2D eigenvalue weighted by Crippen LogP contribution is -2.41. The predicted molar refractivity (Wildman–Crippen MR) is 90.7 cm³/mol. The molecule has 0 aliphatic carbocycles. The number of ether oxygens (including phenoxy) is 1. The minimum atomic E-state index is -1.07. The lowest BCUT2D eigenvalue weighted by molar-refractivity contribution is -0.154. The highest BCUT2D eigenvalue weighted by atomic mass is 79.9. The zero-order valence-electron chi connectivity index (χ0n) is 13.4. The van der Waals surface area contributed by atoms with E-state index in [1.807, 2.05) is 19.1 Å². The number of nitrogens with one attached hydrogen (secondary N) is 1. The number of halogens is 1. The van der Waals surface area contributed by atoms with Crippen molar-refractivity contribution < 1.29 is 24.2 Å². The highest BCUT2D eigenvalue weighted by Gasteiger charge is 2.36. The largest absolute Gasteiger partial charge is 0.479 e. The summed E-state index contributed by atoms with van der Waals surface area (Å²) in [5.74, 6) is -1.79. The Hall–Kier alpha value is -1.93. The van der Waals surface area contributed by atoms with Crippen molar-refractivity contribution >= 4 is 39.4 Å². The molecule has 1 aromatic rings. The molecule has 2 atom stereocenters. The summed E-state index contributed by atoms with van der Waals surface area (Å²) in [5.41, 5.74) is 1.57. The van der Waals surface area contributed by atoms with Gasteiger partial charge in [0.1, 0.15) is 6.10 Å². The molecular weight excluding hydrogens is 380 g/mol. The first-order valence-electron chi connectivity index (χ1n) is 7.47. The molecule has 7 nitrogen and oxygen atoms in total.